The van der Waals surface area contributed by atoms with Gasteiger partial charge in [-0.1, -0.05) is 57.2 Å². The van der Waals surface area contributed by atoms with Crippen LogP contribution in [0.15, 0.2) is 66.7 Å². The Balaban J connectivity index is 1.80. The number of aromatic nitrogens is 1. The number of hydrogen-bond donors (Lipinski definition) is 2. The van der Waals surface area contributed by atoms with E-state index in [1.54, 1.807) is 12.1 Å². The molecule has 0 aliphatic heterocycles. The van der Waals surface area contributed by atoms with Gasteiger partial charge < -0.3 is 10.6 Å². The lowest BCUT2D eigenvalue weighted by Crippen LogP contribution is -2.21. The number of nitrogens with zero attached hydrogens (tertiary/aromatic N) is 1. The van der Waals surface area contributed by atoms with E-state index in [0.717, 1.165) is 5.56 Å². The van der Waals surface area contributed by atoms with Crippen LogP contribution in [-0.4, -0.2) is 16.8 Å². The molecule has 0 radical (unpaired) electrons. The van der Waals surface area contributed by atoms with E-state index in [4.69, 9.17) is 0 Å². The van der Waals surface area contributed by atoms with Crippen LogP contribution in [0.25, 0.3) is 0 Å². The Hall–Kier alpha value is -3.54. The molecule has 0 bridgehead atoms. The highest BCUT2D eigenvalue weighted by atomic mass is 19.1. The minimum Gasteiger partial charge on any atom is -0.320 e. The molecule has 0 unspecified atom stereocenters. The third-order valence-corrected chi connectivity index (χ3v) is 4.32. The predicted molar refractivity (Wildman–Crippen MR) is 112 cm³/mol. The van der Waals surface area contributed by atoms with E-state index in [-0.39, 0.29) is 22.5 Å². The quantitative estimate of drug-likeness (QED) is 0.656. The summed E-state index contributed by atoms with van der Waals surface area (Å²) in [5.41, 5.74) is 1.68. The Labute approximate surface area is 169 Å². The van der Waals surface area contributed by atoms with E-state index in [9.17, 15) is 14.0 Å². The van der Waals surface area contributed by atoms with Gasteiger partial charge in [0.2, 0.25) is 0 Å². The molecule has 0 fully saturated rings. The summed E-state index contributed by atoms with van der Waals surface area (Å²) < 4.78 is 13.8. The van der Waals surface area contributed by atoms with Crippen LogP contribution in [0.5, 0.6) is 0 Å². The second kappa shape index (κ2) is 8.22. The van der Waals surface area contributed by atoms with E-state index in [2.05, 4.69) is 36.4 Å². The lowest BCUT2D eigenvalue weighted by molar-refractivity contribution is 0.101. The molecule has 0 spiro atoms. The largest absolute Gasteiger partial charge is 0.320 e. The molecule has 5 nitrogen and oxygen atoms in total. The summed E-state index contributed by atoms with van der Waals surface area (Å²) in [5, 5.41) is 5.33. The van der Waals surface area contributed by atoms with Crippen molar-refractivity contribution >= 4 is 23.2 Å². The summed E-state index contributed by atoms with van der Waals surface area (Å²) in [6.45, 7) is 6.18. The summed E-state index contributed by atoms with van der Waals surface area (Å²) in [7, 11) is 0. The number of benzene rings is 2. The minimum atomic E-state index is -0.597. The lowest BCUT2D eigenvalue weighted by Gasteiger charge is -2.22. The molecule has 148 valence electrons. The monoisotopic (exact) mass is 391 g/mol. The van der Waals surface area contributed by atoms with E-state index >= 15 is 0 Å². The fraction of sp³-hybridized carbons (Fsp3) is 0.174. The number of pyridine rings is 1. The van der Waals surface area contributed by atoms with Crippen molar-refractivity contribution in [1.82, 2.24) is 4.98 Å². The van der Waals surface area contributed by atoms with Crippen LogP contribution in [0.1, 0.15) is 47.3 Å². The second-order valence-corrected chi connectivity index (χ2v) is 7.59. The number of amides is 2. The standard InChI is InChI=1S/C23H22FN3O2/c1-23(2,3)15-9-4-6-11-17(15)26-21(28)19-13-8-14-20(25-19)22(29)27-18-12-7-5-10-16(18)24/h4-14H,1-3H3,(H,26,28)(H,27,29). The smallest absolute Gasteiger partial charge is 0.274 e. The summed E-state index contributed by atoms with van der Waals surface area (Å²) in [6.07, 6.45) is 0. The number of carbonyl (C=O) groups is 2. The molecule has 2 N–H and O–H groups in total. The van der Waals surface area contributed by atoms with Crippen molar-refractivity contribution < 1.29 is 14.0 Å². The Morgan fingerprint density at radius 1 is 0.759 bits per heavy atom. The van der Waals surface area contributed by atoms with Crippen molar-refractivity contribution in [1.29, 1.82) is 0 Å². The normalized spacial score (nSPS) is 11.0. The van der Waals surface area contributed by atoms with Gasteiger partial charge in [-0.15, -0.1) is 0 Å². The summed E-state index contributed by atoms with van der Waals surface area (Å²) >= 11 is 0. The zero-order valence-corrected chi connectivity index (χ0v) is 16.5. The molecular weight excluding hydrogens is 369 g/mol. The van der Waals surface area contributed by atoms with Gasteiger partial charge in [-0.3, -0.25) is 9.59 Å². The van der Waals surface area contributed by atoms with Gasteiger partial charge in [0.25, 0.3) is 11.8 Å². The van der Waals surface area contributed by atoms with E-state index < -0.39 is 17.6 Å². The first-order chi connectivity index (χ1) is 13.8. The van der Waals surface area contributed by atoms with Gasteiger partial charge in [0.1, 0.15) is 17.2 Å². The van der Waals surface area contributed by atoms with Crippen LogP contribution in [0.2, 0.25) is 0 Å². The first-order valence-electron chi connectivity index (χ1n) is 9.19. The van der Waals surface area contributed by atoms with Crippen molar-refractivity contribution in [3.63, 3.8) is 0 Å². The van der Waals surface area contributed by atoms with Gasteiger partial charge >= 0.3 is 0 Å². The van der Waals surface area contributed by atoms with E-state index in [1.165, 1.54) is 30.3 Å². The van der Waals surface area contributed by atoms with Crippen molar-refractivity contribution in [3.05, 3.63) is 89.5 Å². The van der Waals surface area contributed by atoms with Gasteiger partial charge in [0.05, 0.1) is 5.69 Å². The first-order valence-corrected chi connectivity index (χ1v) is 9.19. The van der Waals surface area contributed by atoms with Crippen LogP contribution < -0.4 is 10.6 Å². The third kappa shape index (κ3) is 4.85. The molecule has 1 aromatic heterocycles. The molecule has 2 amide bonds. The summed E-state index contributed by atoms with van der Waals surface area (Å²) in [4.78, 5) is 29.3. The maximum atomic E-state index is 13.8. The van der Waals surface area contributed by atoms with Crippen molar-refractivity contribution in [3.8, 4) is 0 Å². The van der Waals surface area contributed by atoms with Gasteiger partial charge in [0, 0.05) is 5.69 Å². The SMILES string of the molecule is CC(C)(C)c1ccccc1NC(=O)c1cccc(C(=O)Nc2ccccc2F)n1. The van der Waals surface area contributed by atoms with Gasteiger partial charge in [-0.2, -0.15) is 0 Å². The van der Waals surface area contributed by atoms with Crippen LogP contribution in [0, 0.1) is 5.82 Å². The average Bonchev–Trinajstić information content (AvgIpc) is 2.69. The highest BCUT2D eigenvalue weighted by Gasteiger charge is 2.20. The molecule has 0 atom stereocenters. The molecule has 0 saturated carbocycles. The van der Waals surface area contributed by atoms with Gasteiger partial charge in [-0.25, -0.2) is 9.37 Å². The highest BCUT2D eigenvalue weighted by Crippen LogP contribution is 2.29. The van der Waals surface area contributed by atoms with Crippen LogP contribution >= 0.6 is 0 Å². The Bertz CT molecular complexity index is 1060. The number of para-hydroxylation sites is 2. The third-order valence-electron chi connectivity index (χ3n) is 4.32. The van der Waals surface area contributed by atoms with Crippen molar-refractivity contribution in [2.45, 2.75) is 26.2 Å². The van der Waals surface area contributed by atoms with Crippen molar-refractivity contribution in [2.75, 3.05) is 10.6 Å². The summed E-state index contributed by atoms with van der Waals surface area (Å²) in [6, 6.07) is 17.9. The predicted octanol–water partition coefficient (Wildman–Crippen LogP) is 5.02. The van der Waals surface area contributed by atoms with E-state index in [1.807, 2.05) is 24.3 Å². The maximum Gasteiger partial charge on any atom is 0.274 e. The van der Waals surface area contributed by atoms with E-state index in [0.29, 0.717) is 5.69 Å². The number of halogens is 1. The Morgan fingerprint density at radius 2 is 1.28 bits per heavy atom. The Morgan fingerprint density at radius 3 is 1.86 bits per heavy atom. The minimum absolute atomic E-state index is 0.0185. The number of rotatable bonds is 4. The zero-order valence-electron chi connectivity index (χ0n) is 16.5. The van der Waals surface area contributed by atoms with Crippen LogP contribution in [0.3, 0.4) is 0 Å². The number of carbonyl (C=O) groups excluding carboxylic acids is 2. The first kappa shape index (κ1) is 20.2. The van der Waals surface area contributed by atoms with Gasteiger partial charge in [0.15, 0.2) is 0 Å². The van der Waals surface area contributed by atoms with Gasteiger partial charge in [-0.05, 0) is 41.3 Å². The molecule has 0 aliphatic carbocycles. The molecule has 1 heterocycles. The molecular formula is C23H22FN3O2. The fourth-order valence-corrected chi connectivity index (χ4v) is 2.87. The number of hydrogen-bond acceptors (Lipinski definition) is 3. The average molecular weight is 391 g/mol. The number of nitrogens with one attached hydrogen (secondary N) is 2. The number of anilines is 2. The molecule has 6 heteroatoms. The molecule has 29 heavy (non-hydrogen) atoms. The maximum absolute atomic E-state index is 13.8. The van der Waals surface area contributed by atoms with Crippen LogP contribution in [0.4, 0.5) is 15.8 Å². The second-order valence-electron chi connectivity index (χ2n) is 7.59. The lowest BCUT2D eigenvalue weighted by atomic mass is 9.86. The molecule has 3 aromatic rings. The van der Waals surface area contributed by atoms with Crippen molar-refractivity contribution in [2.24, 2.45) is 0 Å². The molecule has 0 aliphatic rings. The fourth-order valence-electron chi connectivity index (χ4n) is 2.87. The molecule has 2 aromatic carbocycles. The Kier molecular flexibility index (Phi) is 5.73. The molecule has 3 rings (SSSR count). The van der Waals surface area contributed by atoms with Crippen LogP contribution in [-0.2, 0) is 5.41 Å². The molecule has 0 saturated heterocycles. The highest BCUT2D eigenvalue weighted by molar-refractivity contribution is 6.06. The topological polar surface area (TPSA) is 71.1 Å². The zero-order chi connectivity index (χ0) is 21.0. The summed E-state index contributed by atoms with van der Waals surface area (Å²) in [5.74, 6) is -1.57.